The number of amides is 3. The lowest BCUT2D eigenvalue weighted by molar-refractivity contribution is -0.133. The first-order chi connectivity index (χ1) is 15.9. The molecule has 8 nitrogen and oxygen atoms in total. The predicted octanol–water partition coefficient (Wildman–Crippen LogP) is 2.20. The van der Waals surface area contributed by atoms with Crippen molar-refractivity contribution in [3.05, 3.63) is 53.6 Å². The molecule has 0 aliphatic carbocycles. The van der Waals surface area contributed by atoms with Gasteiger partial charge in [-0.05, 0) is 43.2 Å². The van der Waals surface area contributed by atoms with Gasteiger partial charge in [-0.2, -0.15) is 0 Å². The van der Waals surface area contributed by atoms with E-state index in [9.17, 15) is 14.4 Å². The zero-order valence-corrected chi connectivity index (χ0v) is 19.2. The van der Waals surface area contributed by atoms with Gasteiger partial charge >= 0.3 is 0 Å². The van der Waals surface area contributed by atoms with Crippen LogP contribution < -0.4 is 15.0 Å². The third-order valence-electron chi connectivity index (χ3n) is 6.29. The molecule has 2 aliphatic heterocycles. The average Bonchev–Trinajstić information content (AvgIpc) is 2.96. The number of fused-ring (bicyclic) bond motifs is 1. The first-order valence-corrected chi connectivity index (χ1v) is 11.3. The maximum Gasteiger partial charge on any atom is 0.242 e. The van der Waals surface area contributed by atoms with Crippen LogP contribution in [0.25, 0.3) is 0 Å². The Morgan fingerprint density at radius 3 is 2.52 bits per heavy atom. The number of nitrogens with zero attached hydrogens (tertiary/aromatic N) is 3. The van der Waals surface area contributed by atoms with Gasteiger partial charge in [0.2, 0.25) is 17.7 Å². The van der Waals surface area contributed by atoms with E-state index in [1.165, 1.54) is 4.90 Å². The molecule has 1 fully saturated rings. The van der Waals surface area contributed by atoms with Crippen LogP contribution in [0.1, 0.15) is 17.5 Å². The third kappa shape index (κ3) is 5.34. The van der Waals surface area contributed by atoms with Crippen molar-refractivity contribution in [1.29, 1.82) is 0 Å². The van der Waals surface area contributed by atoms with Crippen molar-refractivity contribution < 1.29 is 19.1 Å². The molecular formula is C25H30N4O4. The Kier molecular flexibility index (Phi) is 6.93. The third-order valence-corrected chi connectivity index (χ3v) is 6.29. The molecule has 4 rings (SSSR count). The van der Waals surface area contributed by atoms with E-state index in [1.807, 2.05) is 55.1 Å². The molecule has 0 bridgehead atoms. The first kappa shape index (κ1) is 22.8. The Bertz CT molecular complexity index is 1050. The fourth-order valence-electron chi connectivity index (χ4n) is 4.16. The summed E-state index contributed by atoms with van der Waals surface area (Å²) < 4.78 is 5.65. The van der Waals surface area contributed by atoms with Gasteiger partial charge in [-0.15, -0.1) is 0 Å². The van der Waals surface area contributed by atoms with E-state index in [1.54, 1.807) is 11.0 Å². The number of hydrogen-bond acceptors (Lipinski definition) is 5. The summed E-state index contributed by atoms with van der Waals surface area (Å²) in [4.78, 5) is 43.4. The predicted molar refractivity (Wildman–Crippen MR) is 126 cm³/mol. The molecule has 33 heavy (non-hydrogen) atoms. The highest BCUT2D eigenvalue weighted by Gasteiger charge is 2.29. The van der Waals surface area contributed by atoms with E-state index in [0.717, 1.165) is 16.8 Å². The summed E-state index contributed by atoms with van der Waals surface area (Å²) in [5.41, 5.74) is 3.67. The van der Waals surface area contributed by atoms with Gasteiger partial charge in [0, 0.05) is 31.9 Å². The zero-order valence-electron chi connectivity index (χ0n) is 19.2. The van der Waals surface area contributed by atoms with E-state index in [2.05, 4.69) is 5.32 Å². The lowest BCUT2D eigenvalue weighted by atomic mass is 10.1. The zero-order chi connectivity index (χ0) is 23.4. The van der Waals surface area contributed by atoms with Crippen LogP contribution in [0.3, 0.4) is 0 Å². The molecule has 1 saturated heterocycles. The minimum atomic E-state index is -0.116. The highest BCUT2D eigenvalue weighted by atomic mass is 16.5. The molecule has 0 saturated carbocycles. The summed E-state index contributed by atoms with van der Waals surface area (Å²) in [6, 6.07) is 13.2. The van der Waals surface area contributed by atoms with Crippen molar-refractivity contribution >= 4 is 29.1 Å². The first-order valence-electron chi connectivity index (χ1n) is 11.3. The van der Waals surface area contributed by atoms with Crippen LogP contribution in [0.15, 0.2) is 42.5 Å². The van der Waals surface area contributed by atoms with Crippen LogP contribution in [-0.4, -0.2) is 73.4 Å². The molecule has 2 heterocycles. The minimum absolute atomic E-state index is 0.00761. The Hall–Kier alpha value is -3.39. The van der Waals surface area contributed by atoms with E-state index in [4.69, 9.17) is 4.74 Å². The van der Waals surface area contributed by atoms with E-state index in [-0.39, 0.29) is 37.2 Å². The Morgan fingerprint density at radius 1 is 0.970 bits per heavy atom. The maximum atomic E-state index is 13.0. The smallest absolute Gasteiger partial charge is 0.242 e. The summed E-state index contributed by atoms with van der Waals surface area (Å²) in [7, 11) is 0. The standard InChI is InChI=1S/C25H30N4O4/c1-18-6-5-7-20(19(18)2)26-23(30)16-27-11-13-28(14-12-27)25(32)17-29-21-8-3-4-9-22(21)33-15-10-24(29)31/h3-9H,10-17H2,1-2H3,(H,26,30). The molecule has 174 valence electrons. The SMILES string of the molecule is Cc1cccc(NC(=O)CN2CCN(C(=O)CN3C(=O)CCOc4ccccc43)CC2)c1C. The lowest BCUT2D eigenvalue weighted by Crippen LogP contribution is -2.53. The van der Waals surface area contributed by atoms with Crippen molar-refractivity contribution in [2.45, 2.75) is 20.3 Å². The second kappa shape index (κ2) is 10.0. The molecule has 2 aromatic rings. The summed E-state index contributed by atoms with van der Waals surface area (Å²) in [6.07, 6.45) is 0.241. The molecular weight excluding hydrogens is 420 g/mol. The minimum Gasteiger partial charge on any atom is -0.491 e. The number of carbonyl (C=O) groups is 3. The summed E-state index contributed by atoms with van der Waals surface area (Å²) >= 11 is 0. The van der Waals surface area contributed by atoms with Gasteiger partial charge in [-0.3, -0.25) is 24.2 Å². The van der Waals surface area contributed by atoms with Gasteiger partial charge in [-0.25, -0.2) is 0 Å². The Balaban J connectivity index is 1.30. The van der Waals surface area contributed by atoms with Crippen molar-refractivity contribution in [2.75, 3.05) is 56.1 Å². The quantitative estimate of drug-likeness (QED) is 0.755. The second-order valence-electron chi connectivity index (χ2n) is 8.50. The summed E-state index contributed by atoms with van der Waals surface area (Å²) in [5, 5.41) is 2.99. The molecule has 3 amide bonds. The van der Waals surface area contributed by atoms with Gasteiger partial charge in [0.05, 0.1) is 25.3 Å². The Morgan fingerprint density at radius 2 is 1.73 bits per heavy atom. The highest BCUT2D eigenvalue weighted by molar-refractivity contribution is 6.00. The van der Waals surface area contributed by atoms with Gasteiger partial charge in [-0.1, -0.05) is 24.3 Å². The number of nitrogens with one attached hydrogen (secondary N) is 1. The largest absolute Gasteiger partial charge is 0.491 e. The molecule has 1 N–H and O–H groups in total. The molecule has 0 spiro atoms. The molecule has 0 aromatic heterocycles. The number of rotatable bonds is 5. The van der Waals surface area contributed by atoms with Gasteiger partial charge in [0.25, 0.3) is 0 Å². The fraction of sp³-hybridized carbons (Fsp3) is 0.400. The van der Waals surface area contributed by atoms with Crippen LogP contribution in [0, 0.1) is 13.8 Å². The Labute approximate surface area is 194 Å². The molecule has 0 radical (unpaired) electrons. The van der Waals surface area contributed by atoms with E-state index < -0.39 is 0 Å². The lowest BCUT2D eigenvalue weighted by Gasteiger charge is -2.35. The molecule has 0 atom stereocenters. The number of anilines is 2. The van der Waals surface area contributed by atoms with Gasteiger partial charge < -0.3 is 15.0 Å². The molecule has 2 aliphatic rings. The van der Waals surface area contributed by atoms with Crippen LogP contribution in [0.4, 0.5) is 11.4 Å². The second-order valence-corrected chi connectivity index (χ2v) is 8.50. The van der Waals surface area contributed by atoms with E-state index >= 15 is 0 Å². The number of piperazine rings is 1. The van der Waals surface area contributed by atoms with Crippen LogP contribution in [0.5, 0.6) is 5.75 Å². The fourth-order valence-corrected chi connectivity index (χ4v) is 4.16. The van der Waals surface area contributed by atoms with Crippen molar-refractivity contribution in [3.8, 4) is 5.75 Å². The number of carbonyl (C=O) groups excluding carboxylic acids is 3. The summed E-state index contributed by atoms with van der Waals surface area (Å²) in [6.45, 7) is 6.87. The van der Waals surface area contributed by atoms with Crippen LogP contribution in [-0.2, 0) is 14.4 Å². The molecule has 8 heteroatoms. The number of para-hydroxylation sites is 2. The monoisotopic (exact) mass is 450 g/mol. The normalized spacial score (nSPS) is 16.6. The number of ether oxygens (including phenoxy) is 1. The van der Waals surface area contributed by atoms with Crippen molar-refractivity contribution in [1.82, 2.24) is 9.80 Å². The van der Waals surface area contributed by atoms with Crippen molar-refractivity contribution in [2.24, 2.45) is 0 Å². The highest BCUT2D eigenvalue weighted by Crippen LogP contribution is 2.31. The number of hydrogen-bond donors (Lipinski definition) is 1. The maximum absolute atomic E-state index is 13.0. The van der Waals surface area contributed by atoms with Gasteiger partial charge in [0.1, 0.15) is 12.3 Å². The number of benzene rings is 2. The van der Waals surface area contributed by atoms with Crippen molar-refractivity contribution in [3.63, 3.8) is 0 Å². The van der Waals surface area contributed by atoms with E-state index in [0.29, 0.717) is 44.2 Å². The topological polar surface area (TPSA) is 82.2 Å². The average molecular weight is 451 g/mol. The molecule has 0 unspecified atom stereocenters. The van der Waals surface area contributed by atoms with Gasteiger partial charge in [0.15, 0.2) is 0 Å². The number of aryl methyl sites for hydroxylation is 1. The molecule has 2 aromatic carbocycles. The van der Waals surface area contributed by atoms with Crippen LogP contribution >= 0.6 is 0 Å². The van der Waals surface area contributed by atoms with Crippen LogP contribution in [0.2, 0.25) is 0 Å². The summed E-state index contributed by atoms with van der Waals surface area (Å²) in [5.74, 6) is 0.348.